The Hall–Kier alpha value is -1.63. The van der Waals surface area contributed by atoms with Crippen molar-refractivity contribution < 1.29 is 31.1 Å². The van der Waals surface area contributed by atoms with Crippen molar-refractivity contribution in [3.05, 3.63) is 66.4 Å². The molecule has 0 saturated carbocycles. The largest absolute Gasteiger partial charge is 0.399 e. The molecule has 108 valence electrons. The summed E-state index contributed by atoms with van der Waals surface area (Å²) in [6, 6.07) is 14.7. The molecule has 2 N–H and O–H groups in total. The summed E-state index contributed by atoms with van der Waals surface area (Å²) in [6.45, 7) is 5.08. The number of anilines is 2. The first-order valence-corrected chi connectivity index (χ1v) is 7.04. The van der Waals surface area contributed by atoms with Gasteiger partial charge in [-0.3, -0.25) is 0 Å². The number of hydrogen-bond donors (Lipinski definition) is 1. The van der Waals surface area contributed by atoms with Crippen molar-refractivity contribution >= 4 is 28.0 Å². The molecule has 0 amide bonds. The first-order valence-electron chi connectivity index (χ1n) is 7.04. The van der Waals surface area contributed by atoms with Crippen molar-refractivity contribution in [3.63, 3.8) is 0 Å². The van der Waals surface area contributed by atoms with Gasteiger partial charge in [-0.1, -0.05) is 12.6 Å². The minimum absolute atomic E-state index is 0. The van der Waals surface area contributed by atoms with Gasteiger partial charge < -0.3 is 15.2 Å². The summed E-state index contributed by atoms with van der Waals surface area (Å²) in [7, 11) is 2.06. The number of nitrogen functional groups attached to an aromatic ring is 1. The third kappa shape index (κ3) is 2.27. The molecule has 1 aliphatic rings. The van der Waals surface area contributed by atoms with E-state index in [0.29, 0.717) is 0 Å². The van der Waals surface area contributed by atoms with Gasteiger partial charge in [0.2, 0.25) is 0 Å². The number of aromatic nitrogens is 1. The summed E-state index contributed by atoms with van der Waals surface area (Å²) in [5.74, 6) is 0. The monoisotopic (exact) mass is 513 g/mol. The van der Waals surface area contributed by atoms with E-state index in [1.54, 1.807) is 0 Å². The van der Waals surface area contributed by atoms with Crippen molar-refractivity contribution in [2.24, 2.45) is 7.05 Å². The van der Waals surface area contributed by atoms with E-state index in [0.717, 1.165) is 17.9 Å². The van der Waals surface area contributed by atoms with Crippen molar-refractivity contribution in [1.82, 2.24) is 4.57 Å². The Labute approximate surface area is 153 Å². The van der Waals surface area contributed by atoms with Gasteiger partial charge in [-0.05, 0) is 42.0 Å². The molecule has 2 heterocycles. The van der Waals surface area contributed by atoms with E-state index in [9.17, 15) is 0 Å². The quantitative estimate of drug-likeness (QED) is 0.504. The predicted molar refractivity (Wildman–Crippen MR) is 89.0 cm³/mol. The van der Waals surface area contributed by atoms with Crippen molar-refractivity contribution in [2.75, 3.05) is 10.6 Å². The number of fused-ring (bicyclic) bond motifs is 2. The molecule has 0 atom stereocenters. The van der Waals surface area contributed by atoms with Gasteiger partial charge in [-0.25, -0.2) is 0 Å². The molecule has 0 spiro atoms. The number of rotatable bonds is 1. The second kappa shape index (κ2) is 5.53. The minimum Gasteiger partial charge on any atom is -0.399 e. The van der Waals surface area contributed by atoms with Crippen LogP contribution in [0.1, 0.15) is 11.1 Å². The number of aryl methyl sites for hydroxylation is 1. The van der Waals surface area contributed by atoms with Crippen molar-refractivity contribution in [1.29, 1.82) is 0 Å². The number of nitrogens with zero attached hydrogens (tertiary/aromatic N) is 2. The smallest absolute Gasteiger partial charge is 0.0489 e. The second-order valence-electron chi connectivity index (χ2n) is 5.62. The molecule has 0 bridgehead atoms. The first kappa shape index (κ1) is 15.3. The zero-order valence-electron chi connectivity index (χ0n) is 12.5. The van der Waals surface area contributed by atoms with E-state index in [2.05, 4.69) is 59.6 Å². The maximum absolute atomic E-state index is 5.89. The van der Waals surface area contributed by atoms with E-state index in [1.165, 1.54) is 27.7 Å². The molecule has 4 heteroatoms. The topological polar surface area (TPSA) is 34.2 Å². The first-order chi connectivity index (χ1) is 10.1. The summed E-state index contributed by atoms with van der Waals surface area (Å²) in [5.41, 5.74) is 12.6. The molecule has 0 unspecified atom stereocenters. The van der Waals surface area contributed by atoms with Crippen molar-refractivity contribution in [3.8, 4) is 0 Å². The van der Waals surface area contributed by atoms with Gasteiger partial charge in [-0.15, -0.1) is 0 Å². The summed E-state index contributed by atoms with van der Waals surface area (Å²) < 4.78 is 2.13. The fourth-order valence-electron chi connectivity index (χ4n) is 3.12. The summed E-state index contributed by atoms with van der Waals surface area (Å²) in [5, 5.41) is 1.25. The Balaban J connectivity index is 0.00000144. The van der Waals surface area contributed by atoms with Gasteiger partial charge >= 0.3 is 0 Å². The molecular weight excluding hydrogens is 496 g/mol. The molecule has 3 nitrogen and oxygen atoms in total. The summed E-state index contributed by atoms with van der Waals surface area (Å²) in [4.78, 5) is 2.25. The molecular formula is C18H17N3U. The van der Waals surface area contributed by atoms with Gasteiger partial charge in [0.15, 0.2) is 0 Å². The van der Waals surface area contributed by atoms with Crippen molar-refractivity contribution in [2.45, 2.75) is 6.54 Å². The zero-order valence-corrected chi connectivity index (χ0v) is 16.7. The van der Waals surface area contributed by atoms with Gasteiger partial charge in [0, 0.05) is 84.4 Å². The van der Waals surface area contributed by atoms with E-state index >= 15 is 0 Å². The fourth-order valence-corrected chi connectivity index (χ4v) is 3.12. The Morgan fingerprint density at radius 2 is 1.91 bits per heavy atom. The molecule has 22 heavy (non-hydrogen) atoms. The Morgan fingerprint density at radius 1 is 1.09 bits per heavy atom. The van der Waals surface area contributed by atoms with Gasteiger partial charge in [-0.2, -0.15) is 0 Å². The van der Waals surface area contributed by atoms with Crippen LogP contribution in [0.2, 0.25) is 0 Å². The van der Waals surface area contributed by atoms with Crippen LogP contribution in [0.4, 0.5) is 11.4 Å². The molecule has 4 rings (SSSR count). The third-order valence-corrected chi connectivity index (χ3v) is 4.27. The third-order valence-electron chi connectivity index (χ3n) is 4.27. The van der Waals surface area contributed by atoms with E-state index in [-0.39, 0.29) is 31.1 Å². The zero-order chi connectivity index (χ0) is 14.6. The number of benzene rings is 2. The van der Waals surface area contributed by atoms with Crippen LogP contribution in [0.25, 0.3) is 16.6 Å². The van der Waals surface area contributed by atoms with E-state index in [1.807, 2.05) is 12.1 Å². The minimum atomic E-state index is 0. The van der Waals surface area contributed by atoms with Gasteiger partial charge in [0.05, 0.1) is 0 Å². The van der Waals surface area contributed by atoms with Crippen LogP contribution >= 0.6 is 0 Å². The molecule has 3 aromatic rings. The molecule has 0 aliphatic carbocycles. The van der Waals surface area contributed by atoms with Gasteiger partial charge in [0.25, 0.3) is 0 Å². The predicted octanol–water partition coefficient (Wildman–Crippen LogP) is 3.75. The molecule has 0 saturated heterocycles. The van der Waals surface area contributed by atoms with Crippen LogP contribution in [0.3, 0.4) is 0 Å². The molecule has 1 aromatic heterocycles. The Kier molecular flexibility index (Phi) is 3.84. The van der Waals surface area contributed by atoms with Crippen LogP contribution < -0.4 is 10.6 Å². The van der Waals surface area contributed by atoms with E-state index < -0.39 is 0 Å². The van der Waals surface area contributed by atoms with Crippen LogP contribution in [-0.4, -0.2) is 4.57 Å². The second-order valence-corrected chi connectivity index (χ2v) is 5.62. The molecule has 2 aromatic carbocycles. The Morgan fingerprint density at radius 3 is 2.73 bits per heavy atom. The standard InChI is InChI=1S/C18H17N3.U/c1-12-17-5-3-15(19)9-14(17)11-21(12)16-4-6-18-13(10-16)7-8-20(18)2;/h3-10H,1,11,19H2,2H3;. The SMILES string of the molecule is C=C1c2ccc(N)cc2CN1c1ccc2c(ccn2C)c1.[U]. The van der Waals surface area contributed by atoms with Crippen LogP contribution in [0, 0.1) is 31.1 Å². The normalized spacial score (nSPS) is 13.3. The number of hydrogen-bond acceptors (Lipinski definition) is 2. The van der Waals surface area contributed by atoms with Crippen LogP contribution in [-0.2, 0) is 13.6 Å². The average Bonchev–Trinajstić information content (AvgIpc) is 3.00. The maximum Gasteiger partial charge on any atom is 0.0489 e. The molecule has 0 fully saturated rings. The summed E-state index contributed by atoms with van der Waals surface area (Å²) >= 11 is 0. The summed E-state index contributed by atoms with van der Waals surface area (Å²) in [6.07, 6.45) is 2.09. The molecule has 1 aliphatic heterocycles. The average molecular weight is 513 g/mol. The maximum atomic E-state index is 5.89. The van der Waals surface area contributed by atoms with Crippen LogP contribution in [0.5, 0.6) is 0 Å². The number of nitrogens with two attached hydrogens (primary N) is 1. The fraction of sp³-hybridized carbons (Fsp3) is 0.111. The van der Waals surface area contributed by atoms with Crippen LogP contribution in [0.15, 0.2) is 55.2 Å². The van der Waals surface area contributed by atoms with E-state index in [4.69, 9.17) is 5.73 Å². The molecule has 0 radical (unpaired) electrons. The van der Waals surface area contributed by atoms with Gasteiger partial charge in [0.1, 0.15) is 0 Å². The Bertz CT molecular complexity index is 879.